The van der Waals surface area contributed by atoms with Gasteiger partial charge in [0.1, 0.15) is 11.5 Å². The summed E-state index contributed by atoms with van der Waals surface area (Å²) in [6.07, 6.45) is 1.07. The van der Waals surface area contributed by atoms with Gasteiger partial charge in [-0.25, -0.2) is 0 Å². The number of halogens is 2. The second-order valence-corrected chi connectivity index (χ2v) is 9.80. The fourth-order valence-electron chi connectivity index (χ4n) is 5.22. The lowest BCUT2D eigenvalue weighted by atomic mass is 9.67. The minimum absolute atomic E-state index is 0.0624. The lowest BCUT2D eigenvalue weighted by Crippen LogP contribution is -2.28. The van der Waals surface area contributed by atoms with E-state index in [9.17, 15) is 0 Å². The van der Waals surface area contributed by atoms with Gasteiger partial charge in [-0.15, -0.1) is 0 Å². The van der Waals surface area contributed by atoms with E-state index in [1.54, 1.807) is 0 Å². The van der Waals surface area contributed by atoms with Crippen LogP contribution in [-0.4, -0.2) is 36.6 Å². The van der Waals surface area contributed by atoms with Crippen LogP contribution in [0.15, 0.2) is 84.9 Å². The smallest absolute Gasteiger partial charge is 0.137 e. The van der Waals surface area contributed by atoms with Crippen LogP contribution in [-0.2, 0) is 5.41 Å². The molecule has 0 heterocycles. The Kier molecular flexibility index (Phi) is 7.73. The number of aliphatic hydroxyl groups is 2. The number of fused-ring (bicyclic) bond motifs is 3. The summed E-state index contributed by atoms with van der Waals surface area (Å²) in [4.78, 5) is 0. The fourth-order valence-corrected chi connectivity index (χ4v) is 5.69. The Labute approximate surface area is 227 Å². The van der Waals surface area contributed by atoms with Crippen molar-refractivity contribution in [2.24, 2.45) is 0 Å². The number of benzene rings is 4. The maximum absolute atomic E-state index is 9.11. The van der Waals surface area contributed by atoms with Gasteiger partial charge in [-0.2, -0.15) is 0 Å². The predicted octanol–water partition coefficient (Wildman–Crippen LogP) is 6.88. The molecule has 0 radical (unpaired) electrons. The summed E-state index contributed by atoms with van der Waals surface area (Å²) in [5.74, 6) is 1.17. The molecule has 1 aliphatic carbocycles. The Hall–Kier alpha value is -3.02. The van der Waals surface area contributed by atoms with E-state index in [-0.39, 0.29) is 13.2 Å². The van der Waals surface area contributed by atoms with Gasteiger partial charge in [0.05, 0.1) is 28.7 Å². The van der Waals surface area contributed by atoms with E-state index in [0.29, 0.717) is 47.6 Å². The predicted molar refractivity (Wildman–Crippen MR) is 148 cm³/mol. The van der Waals surface area contributed by atoms with Crippen molar-refractivity contribution >= 4 is 23.2 Å². The lowest BCUT2D eigenvalue weighted by molar-refractivity contribution is 0.233. The molecule has 0 unspecified atom stereocenters. The number of ether oxygens (including phenoxy) is 2. The van der Waals surface area contributed by atoms with E-state index in [1.165, 1.54) is 0 Å². The molecule has 6 heteroatoms. The third-order valence-corrected chi connectivity index (χ3v) is 7.39. The summed E-state index contributed by atoms with van der Waals surface area (Å²) in [6, 6.07) is 28.7. The van der Waals surface area contributed by atoms with Crippen LogP contribution in [0, 0.1) is 0 Å². The van der Waals surface area contributed by atoms with E-state index in [2.05, 4.69) is 60.7 Å². The third-order valence-electron chi connectivity index (χ3n) is 6.80. The van der Waals surface area contributed by atoms with Crippen molar-refractivity contribution in [1.82, 2.24) is 0 Å². The quantitative estimate of drug-likeness (QED) is 0.192. The summed E-state index contributed by atoms with van der Waals surface area (Å²) in [5, 5.41) is 19.2. The van der Waals surface area contributed by atoms with Gasteiger partial charge in [0.15, 0.2) is 0 Å². The van der Waals surface area contributed by atoms with Crippen molar-refractivity contribution in [3.8, 4) is 22.6 Å². The lowest BCUT2D eigenvalue weighted by Gasteiger charge is -2.34. The number of rotatable bonds is 10. The maximum Gasteiger partial charge on any atom is 0.137 e. The molecule has 0 saturated carbocycles. The van der Waals surface area contributed by atoms with Gasteiger partial charge in [0.2, 0.25) is 0 Å². The van der Waals surface area contributed by atoms with Crippen LogP contribution in [0.2, 0.25) is 10.0 Å². The van der Waals surface area contributed by atoms with Crippen LogP contribution in [0.5, 0.6) is 11.5 Å². The van der Waals surface area contributed by atoms with Crippen molar-refractivity contribution < 1.29 is 19.7 Å². The molecule has 0 aliphatic heterocycles. The largest absolute Gasteiger partial charge is 0.492 e. The van der Waals surface area contributed by atoms with Crippen LogP contribution < -0.4 is 9.47 Å². The van der Waals surface area contributed by atoms with Gasteiger partial charge in [-0.3, -0.25) is 0 Å². The van der Waals surface area contributed by atoms with Crippen molar-refractivity contribution in [2.45, 2.75) is 18.3 Å². The first-order chi connectivity index (χ1) is 18.1. The monoisotopic (exact) mass is 534 g/mol. The van der Waals surface area contributed by atoms with Crippen LogP contribution >= 0.6 is 23.2 Å². The Morgan fingerprint density at radius 2 is 1.03 bits per heavy atom. The molecule has 0 fully saturated rings. The van der Waals surface area contributed by atoms with Gasteiger partial charge in [0, 0.05) is 26.1 Å². The number of hydrogen-bond donors (Lipinski definition) is 2. The highest BCUT2D eigenvalue weighted by atomic mass is 35.5. The Balaban J connectivity index is 1.71. The normalized spacial score (nSPS) is 13.2. The maximum atomic E-state index is 9.11. The van der Waals surface area contributed by atoms with E-state index >= 15 is 0 Å². The average molecular weight is 535 g/mol. The molecule has 37 heavy (non-hydrogen) atoms. The molecule has 2 N–H and O–H groups in total. The summed E-state index contributed by atoms with van der Waals surface area (Å²) < 4.78 is 11.6. The first-order valence-electron chi connectivity index (χ1n) is 12.4. The second-order valence-electron chi connectivity index (χ2n) is 8.98. The zero-order chi connectivity index (χ0) is 25.8. The van der Waals surface area contributed by atoms with Gasteiger partial charge < -0.3 is 19.7 Å². The van der Waals surface area contributed by atoms with E-state index in [4.69, 9.17) is 42.9 Å². The van der Waals surface area contributed by atoms with Crippen LogP contribution in [0.3, 0.4) is 0 Å². The molecular formula is C31H28Cl2O4. The molecule has 4 aromatic rings. The minimum Gasteiger partial charge on any atom is -0.492 e. The molecule has 190 valence electrons. The highest BCUT2D eigenvalue weighted by Crippen LogP contribution is 2.57. The standard InChI is InChI=1S/C31H28Cl2O4/c32-27-19-21(11-13-29(27)36-17-5-15-34)31(22-12-14-30(28(33)20-22)37-18-6-16-35)25-9-3-1-7-23(25)24-8-2-4-10-26(24)31/h1-4,7-14,19-20,34-35H,5-6,15-18H2. The molecule has 0 bridgehead atoms. The molecule has 5 rings (SSSR count). The Bertz CT molecular complexity index is 1290. The molecule has 1 aliphatic rings. The Morgan fingerprint density at radius 3 is 1.43 bits per heavy atom. The molecule has 0 saturated heterocycles. The molecule has 4 nitrogen and oxygen atoms in total. The van der Waals surface area contributed by atoms with E-state index in [1.807, 2.05) is 24.3 Å². The highest BCUT2D eigenvalue weighted by Gasteiger charge is 2.46. The first kappa shape index (κ1) is 25.6. The van der Waals surface area contributed by atoms with Gasteiger partial charge in [0.25, 0.3) is 0 Å². The topological polar surface area (TPSA) is 58.9 Å². The summed E-state index contributed by atoms with van der Waals surface area (Å²) in [7, 11) is 0. The summed E-state index contributed by atoms with van der Waals surface area (Å²) in [6.45, 7) is 0.902. The van der Waals surface area contributed by atoms with Crippen molar-refractivity contribution in [2.75, 3.05) is 26.4 Å². The molecular weight excluding hydrogens is 507 g/mol. The van der Waals surface area contributed by atoms with Crippen LogP contribution in [0.4, 0.5) is 0 Å². The SMILES string of the molecule is OCCCOc1ccc(C2(c3ccc(OCCCO)c(Cl)c3)c3ccccc3-c3ccccc32)cc1Cl. The highest BCUT2D eigenvalue weighted by molar-refractivity contribution is 6.32. The first-order valence-corrected chi connectivity index (χ1v) is 13.1. The van der Waals surface area contributed by atoms with Gasteiger partial charge in [-0.05, 0) is 57.6 Å². The average Bonchev–Trinajstić information content (AvgIpc) is 3.22. The molecule has 0 amide bonds. The second kappa shape index (κ2) is 11.2. The van der Waals surface area contributed by atoms with Gasteiger partial charge >= 0.3 is 0 Å². The number of hydrogen-bond acceptors (Lipinski definition) is 4. The third kappa shape index (κ3) is 4.60. The van der Waals surface area contributed by atoms with Crippen LogP contribution in [0.25, 0.3) is 11.1 Å². The zero-order valence-corrected chi connectivity index (χ0v) is 21.8. The van der Waals surface area contributed by atoms with Crippen molar-refractivity contribution in [3.63, 3.8) is 0 Å². The molecule has 0 aromatic heterocycles. The molecule has 0 spiro atoms. The zero-order valence-electron chi connectivity index (χ0n) is 20.3. The van der Waals surface area contributed by atoms with E-state index in [0.717, 1.165) is 33.4 Å². The van der Waals surface area contributed by atoms with Gasteiger partial charge in [-0.1, -0.05) is 83.9 Å². The molecule has 0 atom stereocenters. The fraction of sp³-hybridized carbons (Fsp3) is 0.226. The van der Waals surface area contributed by atoms with Crippen LogP contribution in [0.1, 0.15) is 35.1 Å². The Morgan fingerprint density at radius 1 is 0.595 bits per heavy atom. The van der Waals surface area contributed by atoms with Crippen molar-refractivity contribution in [3.05, 3.63) is 117 Å². The molecule has 4 aromatic carbocycles. The van der Waals surface area contributed by atoms with Crippen molar-refractivity contribution in [1.29, 1.82) is 0 Å². The van der Waals surface area contributed by atoms with E-state index < -0.39 is 5.41 Å². The summed E-state index contributed by atoms with van der Waals surface area (Å²) in [5.41, 5.74) is 5.95. The summed E-state index contributed by atoms with van der Waals surface area (Å²) >= 11 is 13.5. The minimum atomic E-state index is -0.659. The number of aliphatic hydroxyl groups excluding tert-OH is 2.